The molecule has 4 saturated carbocycles. The van der Waals surface area contributed by atoms with E-state index in [1.807, 2.05) is 0 Å². The van der Waals surface area contributed by atoms with Crippen LogP contribution in [0.25, 0.3) is 89.4 Å². The van der Waals surface area contributed by atoms with Gasteiger partial charge in [-0.1, -0.05) is 182 Å². The second-order valence-electron chi connectivity index (χ2n) is 18.4. The molecule has 14 rings (SSSR count). The van der Waals surface area contributed by atoms with Crippen molar-refractivity contribution in [3.63, 3.8) is 0 Å². The van der Waals surface area contributed by atoms with E-state index in [-0.39, 0.29) is 5.41 Å². The lowest BCUT2D eigenvalue weighted by Crippen LogP contribution is -2.55. The fourth-order valence-corrected chi connectivity index (χ4v) is 12.7. The number of hydrogen-bond acceptors (Lipinski definition) is 3. The zero-order valence-electron chi connectivity index (χ0n) is 34.6. The molecule has 0 aliphatic heterocycles. The maximum Gasteiger partial charge on any atom is 0.164 e. The van der Waals surface area contributed by atoms with Crippen molar-refractivity contribution < 1.29 is 0 Å². The van der Waals surface area contributed by atoms with Crippen LogP contribution in [-0.2, 0) is 5.41 Å². The van der Waals surface area contributed by atoms with Gasteiger partial charge < -0.3 is 0 Å². The van der Waals surface area contributed by atoms with E-state index in [1.165, 1.54) is 70.7 Å². The molecule has 0 atom stereocenters. The number of fused-ring (bicyclic) bond motifs is 5. The normalized spacial score (nSPS) is 21.6. The SMILES string of the molecule is c1ccc(-c2ccc(-c3nc(-c4ccc(-c5cccc6c5C5(c7ccc8ccccc8c7-6)C6CC7CC(C6)CC5C7)cc4)nc(-c4cccc(-c5ccccc5)c4)n3)cc2)cc1. The maximum atomic E-state index is 5.21. The summed E-state index contributed by atoms with van der Waals surface area (Å²) in [5.41, 5.74) is 16.4. The third-order valence-corrected chi connectivity index (χ3v) is 15.1. The van der Waals surface area contributed by atoms with Crippen molar-refractivity contribution in [1.29, 1.82) is 0 Å². The first-order chi connectivity index (χ1) is 30.7. The monoisotopic (exact) mass is 795 g/mol. The summed E-state index contributed by atoms with van der Waals surface area (Å²) >= 11 is 0. The molecule has 0 radical (unpaired) electrons. The van der Waals surface area contributed by atoms with Crippen LogP contribution < -0.4 is 0 Å². The van der Waals surface area contributed by atoms with Gasteiger partial charge in [0.15, 0.2) is 17.5 Å². The Morgan fingerprint density at radius 2 is 0.839 bits per heavy atom. The van der Waals surface area contributed by atoms with Crippen molar-refractivity contribution in [2.24, 2.45) is 23.7 Å². The molecular weight excluding hydrogens is 751 g/mol. The van der Waals surface area contributed by atoms with E-state index >= 15 is 0 Å². The first-order valence-corrected chi connectivity index (χ1v) is 22.5. The summed E-state index contributed by atoms with van der Waals surface area (Å²) < 4.78 is 0. The minimum absolute atomic E-state index is 0.0553. The minimum Gasteiger partial charge on any atom is -0.208 e. The Kier molecular flexibility index (Phi) is 8.10. The molecule has 1 aromatic heterocycles. The lowest BCUT2D eigenvalue weighted by molar-refractivity contribution is -0.0397. The standard InChI is InChI=1S/C59H45N3/c1-3-11-39(12-4-1)41-21-25-44(26-22-41)56-60-57(62-58(61-56)47-17-9-16-46(36-47)40-13-5-2-6-14-40)45-27-23-43(24-28-45)51-19-10-20-52-54-50-18-8-7-15-42(50)29-30-53(54)59(55(51)52)48-32-37-31-38(34-48)35-49(59)33-37/h1-30,36-38,48-49H,31-35H2. The molecule has 1 spiro atoms. The Hall–Kier alpha value is -6.97. The van der Waals surface area contributed by atoms with E-state index in [2.05, 4.69) is 188 Å². The van der Waals surface area contributed by atoms with Gasteiger partial charge in [0.05, 0.1) is 0 Å². The van der Waals surface area contributed by atoms with Gasteiger partial charge in [0.25, 0.3) is 0 Å². The van der Waals surface area contributed by atoms with Crippen molar-refractivity contribution in [2.45, 2.75) is 37.5 Å². The summed E-state index contributed by atoms with van der Waals surface area (Å²) in [6.07, 6.45) is 6.89. The molecule has 5 aliphatic carbocycles. The van der Waals surface area contributed by atoms with Crippen LogP contribution >= 0.6 is 0 Å². The molecule has 296 valence electrons. The van der Waals surface area contributed by atoms with Crippen molar-refractivity contribution in [3.05, 3.63) is 199 Å². The predicted molar refractivity (Wildman–Crippen MR) is 253 cm³/mol. The molecule has 1 heterocycles. The first-order valence-electron chi connectivity index (χ1n) is 22.5. The van der Waals surface area contributed by atoms with Gasteiger partial charge in [-0.15, -0.1) is 0 Å². The summed E-state index contributed by atoms with van der Waals surface area (Å²) in [5.74, 6) is 5.14. The molecule has 0 unspecified atom stereocenters. The molecule has 3 heteroatoms. The molecule has 4 fully saturated rings. The van der Waals surface area contributed by atoms with Crippen molar-refractivity contribution >= 4 is 10.8 Å². The molecule has 3 nitrogen and oxygen atoms in total. The highest BCUT2D eigenvalue weighted by Gasteiger charge is 2.62. The van der Waals surface area contributed by atoms with Crippen LogP contribution in [0.15, 0.2) is 188 Å². The molecule has 4 bridgehead atoms. The average Bonchev–Trinajstić information content (AvgIpc) is 3.65. The van der Waals surface area contributed by atoms with Crippen LogP contribution in [0.3, 0.4) is 0 Å². The first kappa shape index (κ1) is 35.8. The van der Waals surface area contributed by atoms with Crippen LogP contribution in [-0.4, -0.2) is 15.0 Å². The molecule has 9 aromatic rings. The molecule has 0 saturated heterocycles. The molecule has 5 aliphatic rings. The zero-order chi connectivity index (χ0) is 40.8. The van der Waals surface area contributed by atoms with Crippen molar-refractivity contribution in [2.75, 3.05) is 0 Å². The van der Waals surface area contributed by atoms with Crippen LogP contribution in [0.2, 0.25) is 0 Å². The van der Waals surface area contributed by atoms with E-state index < -0.39 is 0 Å². The Bertz CT molecular complexity index is 3140. The van der Waals surface area contributed by atoms with Crippen molar-refractivity contribution in [3.8, 4) is 78.7 Å². The van der Waals surface area contributed by atoms with E-state index in [9.17, 15) is 0 Å². The second kappa shape index (κ2) is 14.0. The summed E-state index contributed by atoms with van der Waals surface area (Å²) in [4.78, 5) is 15.6. The quantitative estimate of drug-likeness (QED) is 0.168. The van der Waals surface area contributed by atoms with Crippen LogP contribution in [0, 0.1) is 23.7 Å². The highest BCUT2D eigenvalue weighted by Crippen LogP contribution is 2.71. The molecule has 0 N–H and O–H groups in total. The third-order valence-electron chi connectivity index (χ3n) is 15.1. The summed E-state index contributed by atoms with van der Waals surface area (Å²) in [7, 11) is 0. The smallest absolute Gasteiger partial charge is 0.164 e. The lowest BCUT2D eigenvalue weighted by Gasteiger charge is -2.61. The van der Waals surface area contributed by atoms with Gasteiger partial charge in [0, 0.05) is 22.1 Å². The molecule has 62 heavy (non-hydrogen) atoms. The Labute approximate surface area is 363 Å². The largest absolute Gasteiger partial charge is 0.208 e. The topological polar surface area (TPSA) is 38.7 Å². The molecule has 0 amide bonds. The van der Waals surface area contributed by atoms with Crippen LogP contribution in [0.1, 0.15) is 43.2 Å². The van der Waals surface area contributed by atoms with Gasteiger partial charge in [-0.3, -0.25) is 0 Å². The Morgan fingerprint density at radius 1 is 0.355 bits per heavy atom. The van der Waals surface area contributed by atoms with Gasteiger partial charge in [-0.05, 0) is 128 Å². The third kappa shape index (κ3) is 5.54. The second-order valence-corrected chi connectivity index (χ2v) is 18.4. The van der Waals surface area contributed by atoms with Gasteiger partial charge in [0.1, 0.15) is 0 Å². The lowest BCUT2D eigenvalue weighted by atomic mass is 9.42. The van der Waals surface area contributed by atoms with E-state index in [4.69, 9.17) is 15.0 Å². The van der Waals surface area contributed by atoms with Crippen LogP contribution in [0.4, 0.5) is 0 Å². The average molecular weight is 796 g/mol. The highest BCUT2D eigenvalue weighted by atomic mass is 15.0. The Balaban J connectivity index is 0.938. The summed E-state index contributed by atoms with van der Waals surface area (Å²) in [6.45, 7) is 0. The predicted octanol–water partition coefficient (Wildman–Crippen LogP) is 14.7. The highest BCUT2D eigenvalue weighted by molar-refractivity contribution is 6.04. The zero-order valence-corrected chi connectivity index (χ0v) is 34.6. The summed E-state index contributed by atoms with van der Waals surface area (Å²) in [6, 6.07) is 68.4. The number of nitrogens with zero attached hydrogens (tertiary/aromatic N) is 3. The van der Waals surface area contributed by atoms with Crippen molar-refractivity contribution in [1.82, 2.24) is 15.0 Å². The van der Waals surface area contributed by atoms with Gasteiger partial charge in [-0.2, -0.15) is 0 Å². The van der Waals surface area contributed by atoms with Crippen LogP contribution in [0.5, 0.6) is 0 Å². The van der Waals surface area contributed by atoms with E-state index in [0.717, 1.165) is 45.2 Å². The minimum atomic E-state index is 0.0553. The van der Waals surface area contributed by atoms with Gasteiger partial charge in [-0.25, -0.2) is 15.0 Å². The van der Waals surface area contributed by atoms with Gasteiger partial charge in [0.2, 0.25) is 0 Å². The number of hydrogen-bond donors (Lipinski definition) is 0. The molecule has 8 aromatic carbocycles. The van der Waals surface area contributed by atoms with Gasteiger partial charge >= 0.3 is 0 Å². The summed E-state index contributed by atoms with van der Waals surface area (Å²) in [5, 5.41) is 2.73. The number of rotatable bonds is 6. The number of aromatic nitrogens is 3. The Morgan fingerprint density at radius 3 is 1.50 bits per heavy atom. The molecular formula is C59H45N3. The number of benzene rings is 8. The fourth-order valence-electron chi connectivity index (χ4n) is 12.7. The fraction of sp³-hybridized carbons (Fsp3) is 0.169. The van der Waals surface area contributed by atoms with E-state index in [1.54, 1.807) is 11.1 Å². The van der Waals surface area contributed by atoms with E-state index in [0.29, 0.717) is 29.3 Å². The maximum absolute atomic E-state index is 5.21.